The molecule has 0 spiro atoms. The fraction of sp³-hybridized carbons (Fsp3) is 0.333. The third kappa shape index (κ3) is 7.65. The zero-order valence-electron chi connectivity index (χ0n) is 16.2. The molecule has 29 heavy (non-hydrogen) atoms. The molecule has 2 aromatic carbocycles. The van der Waals surface area contributed by atoms with Gasteiger partial charge < -0.3 is 20.5 Å². The van der Waals surface area contributed by atoms with Crippen molar-refractivity contribution in [1.29, 1.82) is 0 Å². The maximum absolute atomic E-state index is 12.7. The summed E-state index contributed by atoms with van der Waals surface area (Å²) in [6.45, 7) is 4.02. The SMILES string of the molecule is CC[C@@H](C)NC(=O)[C@H](Cc1cc(I)c(O)c(I)c1)NC(=O)OCc1ccccc1. The summed E-state index contributed by atoms with van der Waals surface area (Å²) >= 11 is 4.09. The smallest absolute Gasteiger partial charge is 0.408 e. The maximum atomic E-state index is 12.7. The van der Waals surface area contributed by atoms with Gasteiger partial charge in [-0.05, 0) is 81.8 Å². The van der Waals surface area contributed by atoms with Crippen LogP contribution in [0.25, 0.3) is 0 Å². The number of halogens is 2. The van der Waals surface area contributed by atoms with E-state index in [4.69, 9.17) is 4.74 Å². The molecule has 2 atom stereocenters. The number of hydrogen-bond donors (Lipinski definition) is 3. The Labute approximate surface area is 198 Å². The second kappa shape index (κ2) is 11.6. The second-order valence-corrected chi connectivity index (χ2v) is 9.01. The van der Waals surface area contributed by atoms with Gasteiger partial charge in [0, 0.05) is 12.5 Å². The van der Waals surface area contributed by atoms with Gasteiger partial charge in [-0.25, -0.2) is 4.79 Å². The maximum Gasteiger partial charge on any atom is 0.408 e. The van der Waals surface area contributed by atoms with E-state index in [1.54, 1.807) is 12.1 Å². The molecule has 3 N–H and O–H groups in total. The van der Waals surface area contributed by atoms with Crippen molar-refractivity contribution in [1.82, 2.24) is 10.6 Å². The molecule has 2 rings (SSSR count). The van der Waals surface area contributed by atoms with Gasteiger partial charge in [0.25, 0.3) is 0 Å². The lowest BCUT2D eigenvalue weighted by molar-refractivity contribution is -0.123. The third-order valence-corrected chi connectivity index (χ3v) is 5.98. The first kappa shape index (κ1) is 23.7. The molecule has 156 valence electrons. The fourth-order valence-electron chi connectivity index (χ4n) is 2.53. The molecule has 0 radical (unpaired) electrons. The molecule has 6 nitrogen and oxygen atoms in total. The van der Waals surface area contributed by atoms with E-state index in [0.717, 1.165) is 17.5 Å². The number of ether oxygens (including phenoxy) is 1. The zero-order chi connectivity index (χ0) is 21.4. The fourth-order valence-corrected chi connectivity index (χ4v) is 4.43. The lowest BCUT2D eigenvalue weighted by Gasteiger charge is -2.21. The highest BCUT2D eigenvalue weighted by atomic mass is 127. The Morgan fingerprint density at radius 2 is 1.69 bits per heavy atom. The largest absolute Gasteiger partial charge is 0.506 e. The summed E-state index contributed by atoms with van der Waals surface area (Å²) in [5.41, 5.74) is 1.70. The Morgan fingerprint density at radius 3 is 2.28 bits per heavy atom. The first-order chi connectivity index (χ1) is 13.8. The van der Waals surface area contributed by atoms with Crippen LogP contribution in [0.3, 0.4) is 0 Å². The second-order valence-electron chi connectivity index (χ2n) is 6.69. The normalized spacial score (nSPS) is 12.7. The first-order valence-corrected chi connectivity index (χ1v) is 11.4. The molecule has 0 saturated carbocycles. The summed E-state index contributed by atoms with van der Waals surface area (Å²) in [6.07, 6.45) is 0.419. The van der Waals surface area contributed by atoms with E-state index < -0.39 is 12.1 Å². The van der Waals surface area contributed by atoms with Crippen molar-refractivity contribution in [3.63, 3.8) is 0 Å². The van der Waals surface area contributed by atoms with E-state index in [1.807, 2.05) is 89.4 Å². The van der Waals surface area contributed by atoms with E-state index in [9.17, 15) is 14.7 Å². The lowest BCUT2D eigenvalue weighted by Crippen LogP contribution is -2.50. The van der Waals surface area contributed by atoms with Gasteiger partial charge in [-0.2, -0.15) is 0 Å². The number of benzene rings is 2. The number of carbonyl (C=O) groups is 2. The van der Waals surface area contributed by atoms with Gasteiger partial charge in [-0.3, -0.25) is 4.79 Å². The van der Waals surface area contributed by atoms with Gasteiger partial charge in [-0.1, -0.05) is 37.3 Å². The van der Waals surface area contributed by atoms with Crippen LogP contribution in [-0.2, 0) is 22.6 Å². The van der Waals surface area contributed by atoms with Crippen molar-refractivity contribution in [2.75, 3.05) is 0 Å². The predicted octanol–water partition coefficient (Wildman–Crippen LogP) is 4.35. The predicted molar refractivity (Wildman–Crippen MR) is 129 cm³/mol. The van der Waals surface area contributed by atoms with Crippen LogP contribution >= 0.6 is 45.2 Å². The highest BCUT2D eigenvalue weighted by molar-refractivity contribution is 14.1. The highest BCUT2D eigenvalue weighted by Gasteiger charge is 2.24. The molecule has 8 heteroatoms. The number of nitrogens with one attached hydrogen (secondary N) is 2. The number of rotatable bonds is 8. The van der Waals surface area contributed by atoms with Crippen LogP contribution in [0.2, 0.25) is 0 Å². The van der Waals surface area contributed by atoms with E-state index >= 15 is 0 Å². The highest BCUT2D eigenvalue weighted by Crippen LogP contribution is 2.27. The lowest BCUT2D eigenvalue weighted by atomic mass is 10.0. The van der Waals surface area contributed by atoms with Gasteiger partial charge >= 0.3 is 6.09 Å². The number of phenolic OH excluding ortho intramolecular Hbond substituents is 1. The van der Waals surface area contributed by atoms with Crippen molar-refractivity contribution in [3.8, 4) is 5.75 Å². The Balaban J connectivity index is 2.09. The number of alkyl carbamates (subject to hydrolysis) is 1. The number of phenols is 1. The quantitative estimate of drug-likeness (QED) is 0.383. The van der Waals surface area contributed by atoms with Crippen LogP contribution in [0, 0.1) is 7.14 Å². The molecule has 0 aliphatic heterocycles. The van der Waals surface area contributed by atoms with Crippen LogP contribution in [0.1, 0.15) is 31.4 Å². The molecular weight excluding hydrogens is 598 g/mol. The molecule has 0 bridgehead atoms. The minimum Gasteiger partial charge on any atom is -0.506 e. The number of amides is 2. The van der Waals surface area contributed by atoms with E-state index in [0.29, 0.717) is 7.14 Å². The van der Waals surface area contributed by atoms with Crippen LogP contribution in [-0.4, -0.2) is 29.2 Å². The molecule has 0 aromatic heterocycles. The third-order valence-electron chi connectivity index (χ3n) is 4.34. The molecule has 2 amide bonds. The van der Waals surface area contributed by atoms with Crippen molar-refractivity contribution in [2.24, 2.45) is 0 Å². The molecule has 0 aliphatic rings. The standard InChI is InChI=1S/C21H24I2N2O4/c1-3-13(2)24-20(27)18(11-15-9-16(22)19(26)17(23)10-15)25-21(28)29-12-14-7-5-4-6-8-14/h4-10,13,18,26H,3,11-12H2,1-2H3,(H,24,27)(H,25,28)/t13-,18+/m1/s1. The van der Waals surface area contributed by atoms with Gasteiger partial charge in [0.15, 0.2) is 0 Å². The molecule has 0 heterocycles. The van der Waals surface area contributed by atoms with Gasteiger partial charge in [0.1, 0.15) is 18.4 Å². The Kier molecular flexibility index (Phi) is 9.47. The monoisotopic (exact) mass is 622 g/mol. The molecule has 0 aliphatic carbocycles. The molecule has 0 fully saturated rings. The summed E-state index contributed by atoms with van der Waals surface area (Å²) < 4.78 is 6.66. The Bertz CT molecular complexity index is 823. The van der Waals surface area contributed by atoms with Crippen LogP contribution in [0.15, 0.2) is 42.5 Å². The van der Waals surface area contributed by atoms with Crippen molar-refractivity contribution < 1.29 is 19.4 Å². The number of carbonyl (C=O) groups excluding carboxylic acids is 2. The topological polar surface area (TPSA) is 87.7 Å². The van der Waals surface area contributed by atoms with Crippen LogP contribution in [0.4, 0.5) is 4.79 Å². The summed E-state index contributed by atoms with van der Waals surface area (Å²) in [4.78, 5) is 25.0. The summed E-state index contributed by atoms with van der Waals surface area (Å²) in [6, 6.07) is 12.2. The number of hydrogen-bond acceptors (Lipinski definition) is 4. The molecular formula is C21H24I2N2O4. The first-order valence-electron chi connectivity index (χ1n) is 9.24. The molecule has 0 saturated heterocycles. The van der Waals surface area contributed by atoms with Crippen molar-refractivity contribution in [3.05, 3.63) is 60.7 Å². The van der Waals surface area contributed by atoms with E-state index in [-0.39, 0.29) is 30.7 Å². The Morgan fingerprint density at radius 1 is 1.07 bits per heavy atom. The average molecular weight is 622 g/mol. The van der Waals surface area contributed by atoms with Gasteiger partial charge in [-0.15, -0.1) is 0 Å². The zero-order valence-corrected chi connectivity index (χ0v) is 20.6. The van der Waals surface area contributed by atoms with Gasteiger partial charge in [0.05, 0.1) is 7.14 Å². The minimum atomic E-state index is -0.789. The van der Waals surface area contributed by atoms with Crippen molar-refractivity contribution in [2.45, 2.75) is 45.4 Å². The summed E-state index contributed by atoms with van der Waals surface area (Å²) in [5.74, 6) is -0.0557. The number of aromatic hydroxyl groups is 1. The minimum absolute atomic E-state index is 0.00720. The summed E-state index contributed by atoms with van der Waals surface area (Å²) in [5, 5.41) is 15.5. The van der Waals surface area contributed by atoms with Crippen LogP contribution < -0.4 is 10.6 Å². The van der Waals surface area contributed by atoms with Gasteiger partial charge in [0.2, 0.25) is 5.91 Å². The van der Waals surface area contributed by atoms with E-state index in [2.05, 4.69) is 10.6 Å². The van der Waals surface area contributed by atoms with Crippen molar-refractivity contribution >= 4 is 57.2 Å². The van der Waals surface area contributed by atoms with Crippen LogP contribution in [0.5, 0.6) is 5.75 Å². The summed E-state index contributed by atoms with van der Waals surface area (Å²) in [7, 11) is 0. The average Bonchev–Trinajstić information content (AvgIpc) is 2.70. The molecule has 2 aromatic rings. The Hall–Kier alpha value is -1.56. The molecule has 0 unspecified atom stereocenters. The van der Waals surface area contributed by atoms with E-state index in [1.165, 1.54) is 0 Å².